The number of nitriles is 1. The number of carbonyl (C=O) groups is 1. The van der Waals surface area contributed by atoms with Crippen molar-refractivity contribution in [3.8, 4) is 6.07 Å². The summed E-state index contributed by atoms with van der Waals surface area (Å²) >= 11 is 5.85. The molecule has 3 heterocycles. The first kappa shape index (κ1) is 21.0. The van der Waals surface area contributed by atoms with E-state index in [1.807, 2.05) is 17.0 Å². The van der Waals surface area contributed by atoms with Gasteiger partial charge in [0.2, 0.25) is 5.28 Å². The van der Waals surface area contributed by atoms with Gasteiger partial charge in [0.1, 0.15) is 16.9 Å². The van der Waals surface area contributed by atoms with Crippen molar-refractivity contribution in [1.82, 2.24) is 19.9 Å². The molecule has 0 N–H and O–H groups in total. The number of halogens is 1. The summed E-state index contributed by atoms with van der Waals surface area (Å²) in [6.45, 7) is 6.98. The third-order valence-corrected chi connectivity index (χ3v) is 4.56. The lowest BCUT2D eigenvalue weighted by atomic mass is 9.80. The van der Waals surface area contributed by atoms with Crippen molar-refractivity contribution in [2.24, 2.45) is 10.4 Å². The van der Waals surface area contributed by atoms with Crippen molar-refractivity contribution in [1.29, 1.82) is 5.26 Å². The van der Waals surface area contributed by atoms with Crippen molar-refractivity contribution >= 4 is 23.6 Å². The molecule has 1 fully saturated rings. The van der Waals surface area contributed by atoms with E-state index in [4.69, 9.17) is 21.2 Å². The molecule has 1 saturated heterocycles. The van der Waals surface area contributed by atoms with E-state index in [0.717, 1.165) is 5.69 Å². The minimum atomic E-state index is -0.851. The molecule has 9 nitrogen and oxygen atoms in total. The molecule has 3 rings (SSSR count). The zero-order valence-electron chi connectivity index (χ0n) is 16.6. The molecule has 0 amide bonds. The van der Waals surface area contributed by atoms with E-state index < -0.39 is 17.2 Å². The predicted molar refractivity (Wildman–Crippen MR) is 106 cm³/mol. The molecule has 1 aromatic rings. The van der Waals surface area contributed by atoms with Gasteiger partial charge in [-0.2, -0.15) is 5.26 Å². The van der Waals surface area contributed by atoms with E-state index in [1.54, 1.807) is 33.2 Å². The summed E-state index contributed by atoms with van der Waals surface area (Å²) in [6, 6.07) is 4.15. The van der Waals surface area contributed by atoms with Crippen LogP contribution in [-0.4, -0.2) is 63.7 Å². The average molecular weight is 419 g/mol. The molecular formula is C19H23ClN6O3. The molecule has 0 spiro atoms. The summed E-state index contributed by atoms with van der Waals surface area (Å²) in [5.74, 6) is 0.659. The van der Waals surface area contributed by atoms with Crippen molar-refractivity contribution in [3.05, 3.63) is 35.5 Å². The van der Waals surface area contributed by atoms with Gasteiger partial charge in [-0.3, -0.25) is 0 Å². The van der Waals surface area contributed by atoms with Gasteiger partial charge in [0, 0.05) is 37.6 Å². The average Bonchev–Trinajstić information content (AvgIpc) is 2.62. The van der Waals surface area contributed by atoms with Gasteiger partial charge in [-0.25, -0.2) is 19.8 Å². The first-order valence-corrected chi connectivity index (χ1v) is 9.61. The number of hydrogen-bond donors (Lipinski definition) is 0. The molecule has 29 heavy (non-hydrogen) atoms. The first-order valence-electron chi connectivity index (χ1n) is 9.24. The Hall–Kier alpha value is -2.70. The largest absolute Gasteiger partial charge is 0.528 e. The summed E-state index contributed by atoms with van der Waals surface area (Å²) in [6.07, 6.45) is 5.09. The van der Waals surface area contributed by atoms with Crippen LogP contribution in [-0.2, 0) is 16.0 Å². The highest BCUT2D eigenvalue weighted by Gasteiger charge is 2.52. The van der Waals surface area contributed by atoms with Gasteiger partial charge in [0.15, 0.2) is 0 Å². The molecule has 154 valence electrons. The molecular weight excluding hydrogens is 396 g/mol. The number of carbonyl (C=O) groups excluding carboxylic acids is 1. The van der Waals surface area contributed by atoms with Crippen molar-refractivity contribution < 1.29 is 14.4 Å². The van der Waals surface area contributed by atoms with E-state index in [9.17, 15) is 10.1 Å². The van der Waals surface area contributed by atoms with E-state index in [0.29, 0.717) is 25.3 Å². The second-order valence-corrected chi connectivity index (χ2v) is 8.24. The molecule has 2 aliphatic rings. The lowest BCUT2D eigenvalue weighted by Crippen LogP contribution is -2.63. The number of hydrogen-bond acceptors (Lipinski definition) is 9. The highest BCUT2D eigenvalue weighted by molar-refractivity contribution is 6.28. The van der Waals surface area contributed by atoms with Gasteiger partial charge in [0.25, 0.3) is 0 Å². The topological polar surface area (TPSA) is 104 Å². The van der Waals surface area contributed by atoms with Gasteiger partial charge in [-0.1, -0.05) is 0 Å². The molecule has 0 saturated carbocycles. The monoisotopic (exact) mass is 418 g/mol. The predicted octanol–water partition coefficient (Wildman–Crippen LogP) is 2.59. The molecule has 2 aliphatic heterocycles. The Morgan fingerprint density at radius 2 is 2.17 bits per heavy atom. The van der Waals surface area contributed by atoms with Crippen LogP contribution in [0, 0.1) is 16.7 Å². The van der Waals surface area contributed by atoms with Gasteiger partial charge >= 0.3 is 6.16 Å². The summed E-state index contributed by atoms with van der Waals surface area (Å²) in [5.41, 5.74) is -0.683. The zero-order chi connectivity index (χ0) is 21.1. The first-order chi connectivity index (χ1) is 13.7. The normalized spacial score (nSPS) is 18.4. The highest BCUT2D eigenvalue weighted by atomic mass is 35.5. The lowest BCUT2D eigenvalue weighted by Gasteiger charge is -2.46. The maximum absolute atomic E-state index is 11.8. The Morgan fingerprint density at radius 1 is 1.41 bits per heavy atom. The maximum atomic E-state index is 11.8. The zero-order valence-corrected chi connectivity index (χ0v) is 17.4. The van der Waals surface area contributed by atoms with Crippen molar-refractivity contribution in [2.45, 2.75) is 32.8 Å². The van der Waals surface area contributed by atoms with Crippen molar-refractivity contribution in [2.75, 3.05) is 26.2 Å². The smallest absolute Gasteiger partial charge is 0.427 e. The SMILES string of the molecule is CC(C)(C)OC(=O)ON1CC(C#N)(C2=NC=CCN2CCc2ccnc(Cl)n2)C1. The number of aliphatic imine (C=N–C) groups is 1. The summed E-state index contributed by atoms with van der Waals surface area (Å²) in [7, 11) is 0. The number of amidine groups is 1. The van der Waals surface area contributed by atoms with Crippen LogP contribution in [0.5, 0.6) is 0 Å². The Labute approximate surface area is 174 Å². The van der Waals surface area contributed by atoms with E-state index >= 15 is 0 Å². The third kappa shape index (κ3) is 5.22. The van der Waals surface area contributed by atoms with Crippen LogP contribution in [0.1, 0.15) is 26.5 Å². The fourth-order valence-electron chi connectivity index (χ4n) is 3.10. The lowest BCUT2D eigenvalue weighted by molar-refractivity contribution is -0.199. The van der Waals surface area contributed by atoms with Crippen LogP contribution < -0.4 is 0 Å². The quantitative estimate of drug-likeness (QED) is 0.530. The number of nitrogens with zero attached hydrogens (tertiary/aromatic N) is 6. The fourth-order valence-corrected chi connectivity index (χ4v) is 3.27. The molecule has 1 aromatic heterocycles. The van der Waals surface area contributed by atoms with Gasteiger partial charge in [-0.05, 0) is 44.5 Å². The maximum Gasteiger partial charge on any atom is 0.528 e. The molecule has 0 bridgehead atoms. The molecule has 0 aromatic carbocycles. The third-order valence-electron chi connectivity index (χ3n) is 4.38. The van der Waals surface area contributed by atoms with Crippen LogP contribution in [0.15, 0.2) is 29.5 Å². The minimum absolute atomic E-state index is 0.206. The Kier molecular flexibility index (Phi) is 6.05. The van der Waals surface area contributed by atoms with Crippen LogP contribution in [0.3, 0.4) is 0 Å². The van der Waals surface area contributed by atoms with Crippen molar-refractivity contribution in [3.63, 3.8) is 0 Å². The van der Waals surface area contributed by atoms with E-state index in [1.165, 1.54) is 5.06 Å². The second-order valence-electron chi connectivity index (χ2n) is 7.90. The molecule has 0 atom stereocenters. The number of ether oxygens (including phenoxy) is 1. The summed E-state index contributed by atoms with van der Waals surface area (Å²) in [4.78, 5) is 31.6. The Morgan fingerprint density at radius 3 is 2.83 bits per heavy atom. The standard InChI is InChI=1S/C19H23ClN6O3/c1-18(2,3)28-17(27)29-26-12-19(11-21,13-26)15-22-7-4-9-25(15)10-6-14-5-8-23-16(20)24-14/h4-5,7-8H,6,9-10,12-13H2,1-3H3. The Balaban J connectivity index is 1.62. The number of rotatable bonds is 5. The number of hydroxylamine groups is 2. The minimum Gasteiger partial charge on any atom is -0.427 e. The van der Waals surface area contributed by atoms with Crippen LogP contribution in [0.25, 0.3) is 0 Å². The molecule has 0 radical (unpaired) electrons. The molecule has 10 heteroatoms. The molecule has 0 aliphatic carbocycles. The number of aromatic nitrogens is 2. The highest BCUT2D eigenvalue weighted by Crippen LogP contribution is 2.34. The van der Waals surface area contributed by atoms with Crippen LogP contribution in [0.4, 0.5) is 4.79 Å². The Bertz CT molecular complexity index is 867. The summed E-state index contributed by atoms with van der Waals surface area (Å²) in [5, 5.41) is 11.5. The van der Waals surface area contributed by atoms with Gasteiger partial charge in [-0.15, -0.1) is 5.06 Å². The van der Waals surface area contributed by atoms with Crippen LogP contribution >= 0.6 is 11.6 Å². The second kappa shape index (κ2) is 8.35. The van der Waals surface area contributed by atoms with Gasteiger partial charge < -0.3 is 14.5 Å². The molecule has 0 unspecified atom stereocenters. The van der Waals surface area contributed by atoms with E-state index in [-0.39, 0.29) is 18.4 Å². The van der Waals surface area contributed by atoms with Crippen LogP contribution in [0.2, 0.25) is 5.28 Å². The summed E-state index contributed by atoms with van der Waals surface area (Å²) < 4.78 is 5.15. The van der Waals surface area contributed by atoms with E-state index in [2.05, 4.69) is 21.0 Å². The fraction of sp³-hybridized carbons (Fsp3) is 0.526. The van der Waals surface area contributed by atoms with Gasteiger partial charge in [0.05, 0.1) is 19.2 Å².